The maximum Gasteiger partial charge on any atom is 0.312 e. The van der Waals surface area contributed by atoms with E-state index in [1.807, 2.05) is 30.3 Å². The van der Waals surface area contributed by atoms with Crippen molar-refractivity contribution in [3.05, 3.63) is 117 Å². The molecule has 3 aliphatic rings. The zero-order chi connectivity index (χ0) is 47.3. The first-order chi connectivity index (χ1) is 31.9. The SMILES string of the molecule is CC1(C)CCC(CN2CCN(c3ccc(C(=O)NS(=O)(=O)c4ccc(OC[C@H]5CN(S(C)(=O)=O)CCO5)c([N+](=O)[O-])c4)c(-n4[nH]cc5nc6nccc6cc54)c3)CC2)=C(c2ccc(Cl)cc2)C1. The van der Waals surface area contributed by atoms with Crippen molar-refractivity contribution in [3.63, 3.8) is 0 Å². The number of hydrogen-bond donors (Lipinski definition) is 2. The van der Waals surface area contributed by atoms with E-state index in [0.717, 1.165) is 74.4 Å². The molecule has 2 N–H and O–H groups in total. The normalized spacial score (nSPS) is 18.7. The minimum Gasteiger partial charge on any atom is -0.484 e. The van der Waals surface area contributed by atoms with E-state index in [0.29, 0.717) is 40.5 Å². The fraction of sp³-hybridized carbons (Fsp3) is 0.370. The Balaban J connectivity index is 0.962. The Morgan fingerprint density at radius 2 is 1.79 bits per heavy atom. The van der Waals surface area contributed by atoms with E-state index >= 15 is 0 Å². The van der Waals surface area contributed by atoms with Crippen molar-refractivity contribution in [1.82, 2.24) is 33.7 Å². The summed E-state index contributed by atoms with van der Waals surface area (Å²) in [5, 5.41) is 16.9. The Hall–Kier alpha value is -5.90. The van der Waals surface area contributed by atoms with E-state index in [9.17, 15) is 31.7 Å². The van der Waals surface area contributed by atoms with Gasteiger partial charge in [-0.05, 0) is 90.4 Å². The molecule has 352 valence electrons. The first-order valence-corrected chi connectivity index (χ1v) is 25.6. The van der Waals surface area contributed by atoms with Gasteiger partial charge in [-0.25, -0.2) is 31.5 Å². The lowest BCUT2D eigenvalue weighted by molar-refractivity contribution is -0.386. The summed E-state index contributed by atoms with van der Waals surface area (Å²) in [7, 11) is -8.19. The van der Waals surface area contributed by atoms with Gasteiger partial charge in [0.05, 0.1) is 39.4 Å². The first kappa shape index (κ1) is 46.2. The number of nitrogens with one attached hydrogen (secondary N) is 2. The van der Waals surface area contributed by atoms with Crippen LogP contribution in [-0.4, -0.2) is 128 Å². The Morgan fingerprint density at radius 3 is 2.54 bits per heavy atom. The minimum atomic E-state index is -4.69. The van der Waals surface area contributed by atoms with Gasteiger partial charge >= 0.3 is 5.69 Å². The number of sulfonamides is 2. The van der Waals surface area contributed by atoms with Crippen molar-refractivity contribution in [2.24, 2.45) is 5.41 Å². The Bertz CT molecular complexity index is 3150. The third kappa shape index (κ3) is 10.0. The fourth-order valence-electron chi connectivity index (χ4n) is 9.05. The van der Waals surface area contributed by atoms with Crippen LogP contribution in [0.4, 0.5) is 11.4 Å². The zero-order valence-electron chi connectivity index (χ0n) is 37.1. The minimum absolute atomic E-state index is 0.00685. The number of aromatic amines is 1. The van der Waals surface area contributed by atoms with Gasteiger partial charge in [0.1, 0.15) is 18.2 Å². The standard InChI is InChI=1S/C46H50ClN9O9S2/c1-46(2)14-12-32(38(25-46)30-4-6-33(47)7-5-30)27-52-16-18-53(19-17-52)34-8-10-37(40(23-34)55-41-22-31-13-15-48-44(31)50-39(41)26-49-55)45(57)51-67(62,63)36-9-11-43(42(24-36)56(58)59)65-29-35-28-54(20-21-64-35)66(3,60)61/h4-11,13,15,22-24,26,35,49H,12,14,16-21,25,27-29H2,1-3H3,(H,51,57)/t35-/m1/s1. The molecule has 2 fully saturated rings. The van der Waals surface area contributed by atoms with Crippen LogP contribution in [0.25, 0.3) is 33.3 Å². The summed E-state index contributed by atoms with van der Waals surface area (Å²) in [5.41, 5.74) is 6.51. The summed E-state index contributed by atoms with van der Waals surface area (Å²) < 4.78 is 68.1. The van der Waals surface area contributed by atoms with Crippen LogP contribution >= 0.6 is 11.6 Å². The molecule has 18 nitrogen and oxygen atoms in total. The van der Waals surface area contributed by atoms with Crippen molar-refractivity contribution in [2.75, 3.05) is 70.2 Å². The lowest BCUT2D eigenvalue weighted by Gasteiger charge is -2.39. The average molecular weight is 973 g/mol. The number of morpholine rings is 1. The second-order valence-electron chi connectivity index (χ2n) is 18.0. The summed E-state index contributed by atoms with van der Waals surface area (Å²) in [4.78, 5) is 38.8. The Kier molecular flexibility index (Phi) is 12.6. The molecule has 21 heteroatoms. The molecule has 0 saturated carbocycles. The van der Waals surface area contributed by atoms with E-state index in [1.165, 1.54) is 21.0 Å². The third-order valence-corrected chi connectivity index (χ3v) is 15.6. The molecule has 1 aliphatic carbocycles. The number of H-pyrrole nitrogens is 1. The molecule has 0 spiro atoms. The van der Waals surface area contributed by atoms with Crippen molar-refractivity contribution >= 4 is 76.6 Å². The number of halogens is 1. The number of anilines is 1. The topological polar surface area (TPSA) is 215 Å². The smallest absolute Gasteiger partial charge is 0.312 e. The van der Waals surface area contributed by atoms with Gasteiger partial charge in [-0.1, -0.05) is 43.2 Å². The molecule has 9 rings (SSSR count). The molecule has 1 atom stereocenters. The van der Waals surface area contributed by atoms with Gasteiger partial charge in [-0.2, -0.15) is 4.31 Å². The van der Waals surface area contributed by atoms with E-state index in [2.05, 4.69) is 55.6 Å². The maximum absolute atomic E-state index is 14.2. The number of ether oxygens (including phenoxy) is 2. The van der Waals surface area contributed by atoms with Gasteiger partial charge in [0.2, 0.25) is 10.0 Å². The van der Waals surface area contributed by atoms with E-state index in [4.69, 9.17) is 21.1 Å². The average Bonchev–Trinajstić information content (AvgIpc) is 3.94. The molecular formula is C46H50ClN9O9S2. The number of aromatic nitrogens is 4. The van der Waals surface area contributed by atoms with Crippen molar-refractivity contribution in [2.45, 2.75) is 44.1 Å². The van der Waals surface area contributed by atoms with Crippen LogP contribution < -0.4 is 14.4 Å². The fourth-order valence-corrected chi connectivity index (χ4v) is 11.0. The van der Waals surface area contributed by atoms with E-state index < -0.39 is 47.6 Å². The molecule has 0 unspecified atom stereocenters. The van der Waals surface area contributed by atoms with Gasteiger partial charge in [0.25, 0.3) is 15.9 Å². The number of amides is 1. The largest absolute Gasteiger partial charge is 0.484 e. The first-order valence-electron chi connectivity index (χ1n) is 21.9. The van der Waals surface area contributed by atoms with Crippen LogP contribution in [0.2, 0.25) is 5.02 Å². The van der Waals surface area contributed by atoms with Gasteiger partial charge < -0.3 is 14.4 Å². The molecule has 3 aromatic heterocycles. The maximum atomic E-state index is 14.2. The van der Waals surface area contributed by atoms with Crippen molar-refractivity contribution in [1.29, 1.82) is 0 Å². The number of piperazine rings is 1. The predicted molar refractivity (Wildman–Crippen MR) is 255 cm³/mol. The highest BCUT2D eigenvalue weighted by atomic mass is 35.5. The summed E-state index contributed by atoms with van der Waals surface area (Å²) in [6.07, 6.45) is 6.83. The number of allylic oxidation sites excluding steroid dienone is 1. The number of nitro benzene ring substituents is 1. The summed E-state index contributed by atoms with van der Waals surface area (Å²) >= 11 is 6.25. The predicted octanol–water partition coefficient (Wildman–Crippen LogP) is 6.41. The monoisotopic (exact) mass is 971 g/mol. The molecule has 67 heavy (non-hydrogen) atoms. The number of benzene rings is 3. The van der Waals surface area contributed by atoms with Gasteiger partial charge in [0.15, 0.2) is 11.4 Å². The van der Waals surface area contributed by atoms with Gasteiger partial charge in [0, 0.05) is 80.4 Å². The quantitative estimate of drug-likeness (QED) is 0.0947. The van der Waals surface area contributed by atoms with Crippen LogP contribution in [0, 0.1) is 15.5 Å². The second-order valence-corrected chi connectivity index (χ2v) is 22.1. The number of nitrogens with zero attached hydrogens (tertiary/aromatic N) is 7. The van der Waals surface area contributed by atoms with E-state index in [-0.39, 0.29) is 43.0 Å². The highest BCUT2D eigenvalue weighted by molar-refractivity contribution is 7.90. The van der Waals surface area contributed by atoms with Crippen molar-refractivity contribution < 1.29 is 36.0 Å². The highest BCUT2D eigenvalue weighted by Crippen LogP contribution is 2.43. The zero-order valence-corrected chi connectivity index (χ0v) is 39.5. The molecule has 2 saturated heterocycles. The molecule has 5 heterocycles. The molecule has 0 radical (unpaired) electrons. The number of hydrogen-bond acceptors (Lipinski definition) is 13. The lowest BCUT2D eigenvalue weighted by atomic mass is 9.72. The number of rotatable bonds is 13. The number of fused-ring (bicyclic) bond motifs is 2. The molecule has 1 amide bonds. The molecule has 2 aliphatic heterocycles. The Labute approximate surface area is 392 Å². The Morgan fingerprint density at radius 1 is 1.01 bits per heavy atom. The third-order valence-electron chi connectivity index (χ3n) is 12.7. The molecular weight excluding hydrogens is 922 g/mol. The lowest BCUT2D eigenvalue weighted by Crippen LogP contribution is -2.47. The molecule has 3 aromatic carbocycles. The van der Waals surface area contributed by atoms with Crippen LogP contribution in [0.5, 0.6) is 5.75 Å². The van der Waals surface area contributed by atoms with Gasteiger partial charge in [-0.3, -0.25) is 29.6 Å². The molecule has 6 aromatic rings. The molecule has 0 bridgehead atoms. The second kappa shape index (κ2) is 18.3. The summed E-state index contributed by atoms with van der Waals surface area (Å²) in [5.74, 6) is -1.23. The number of carbonyl (C=O) groups is 1. The van der Waals surface area contributed by atoms with Crippen LogP contribution in [-0.2, 0) is 24.8 Å². The summed E-state index contributed by atoms with van der Waals surface area (Å²) in [6.45, 7) is 8.54. The number of carbonyl (C=O) groups excluding carboxylic acids is 1. The number of nitro groups is 1. The van der Waals surface area contributed by atoms with Gasteiger partial charge in [-0.15, -0.1) is 0 Å². The van der Waals surface area contributed by atoms with Crippen LogP contribution in [0.1, 0.15) is 49.0 Å². The highest BCUT2D eigenvalue weighted by Gasteiger charge is 2.32. The number of pyridine rings is 1. The van der Waals surface area contributed by atoms with Crippen molar-refractivity contribution in [3.8, 4) is 11.4 Å². The van der Waals surface area contributed by atoms with Crippen LogP contribution in [0.3, 0.4) is 0 Å². The van der Waals surface area contributed by atoms with E-state index in [1.54, 1.807) is 29.2 Å². The van der Waals surface area contributed by atoms with Crippen LogP contribution in [0.15, 0.2) is 95.7 Å². The summed E-state index contributed by atoms with van der Waals surface area (Å²) in [6, 6.07) is 20.1.